The van der Waals surface area contributed by atoms with Crippen molar-refractivity contribution >= 4 is 5.91 Å². The summed E-state index contributed by atoms with van der Waals surface area (Å²) in [5, 5.41) is 0. The molecule has 0 aliphatic carbocycles. The molecule has 0 radical (unpaired) electrons. The van der Waals surface area contributed by atoms with E-state index in [9.17, 15) is 18.0 Å². The molecule has 0 aromatic carbocycles. The third kappa shape index (κ3) is 4.20. The van der Waals surface area contributed by atoms with Gasteiger partial charge in [-0.3, -0.25) is 15.2 Å². The number of carbonyl (C=O) groups excluding carboxylic acids is 1. The molecular formula is C12H16F3N3O. The minimum absolute atomic E-state index is 0.406. The van der Waals surface area contributed by atoms with Gasteiger partial charge in [0.25, 0.3) is 5.91 Å². The van der Waals surface area contributed by atoms with E-state index in [0.717, 1.165) is 18.5 Å². The zero-order valence-electron chi connectivity index (χ0n) is 10.9. The molecule has 0 bridgehead atoms. The van der Waals surface area contributed by atoms with E-state index >= 15 is 0 Å². The Labute approximate surface area is 109 Å². The van der Waals surface area contributed by atoms with Crippen LogP contribution < -0.4 is 10.9 Å². The molecule has 0 fully saturated rings. The molecule has 1 amide bonds. The van der Waals surface area contributed by atoms with E-state index in [4.69, 9.17) is 0 Å². The molecule has 1 heterocycles. The van der Waals surface area contributed by atoms with Crippen LogP contribution in [0.3, 0.4) is 0 Å². The van der Waals surface area contributed by atoms with Crippen molar-refractivity contribution < 1.29 is 18.0 Å². The first-order valence-electron chi connectivity index (χ1n) is 5.76. The molecule has 106 valence electrons. The number of hydrogen-bond donors (Lipinski definition) is 2. The van der Waals surface area contributed by atoms with Gasteiger partial charge < -0.3 is 0 Å². The van der Waals surface area contributed by atoms with Gasteiger partial charge in [-0.25, -0.2) is 5.43 Å². The fourth-order valence-corrected chi connectivity index (χ4v) is 1.20. The maximum absolute atomic E-state index is 12.7. The molecule has 1 aromatic heterocycles. The number of hydrogen-bond acceptors (Lipinski definition) is 3. The summed E-state index contributed by atoms with van der Waals surface area (Å²) >= 11 is 0. The summed E-state index contributed by atoms with van der Waals surface area (Å²) in [6, 6.07) is 0.778. The maximum Gasteiger partial charge on any atom is 0.417 e. The fourth-order valence-electron chi connectivity index (χ4n) is 1.20. The van der Waals surface area contributed by atoms with Gasteiger partial charge in [-0.05, 0) is 26.3 Å². The molecule has 19 heavy (non-hydrogen) atoms. The van der Waals surface area contributed by atoms with Crippen LogP contribution in [0, 0.1) is 0 Å². The number of aromatic nitrogens is 1. The highest BCUT2D eigenvalue weighted by Gasteiger charge is 2.35. The Morgan fingerprint density at radius 1 is 1.37 bits per heavy atom. The Morgan fingerprint density at radius 2 is 2.00 bits per heavy atom. The van der Waals surface area contributed by atoms with Crippen molar-refractivity contribution in [3.05, 3.63) is 29.6 Å². The Morgan fingerprint density at radius 3 is 2.53 bits per heavy atom. The van der Waals surface area contributed by atoms with Gasteiger partial charge in [0.2, 0.25) is 0 Å². The van der Waals surface area contributed by atoms with E-state index in [2.05, 4.69) is 15.8 Å². The minimum atomic E-state index is -4.59. The smallest absolute Gasteiger partial charge is 0.287 e. The van der Waals surface area contributed by atoms with Gasteiger partial charge in [-0.15, -0.1) is 0 Å². The molecule has 1 rings (SSSR count). The highest BCUT2D eigenvalue weighted by molar-refractivity contribution is 5.95. The van der Waals surface area contributed by atoms with Crippen LogP contribution >= 0.6 is 0 Å². The topological polar surface area (TPSA) is 54.0 Å². The van der Waals surface area contributed by atoms with Crippen LogP contribution in [0.4, 0.5) is 13.2 Å². The molecule has 0 aliphatic heterocycles. The number of hydrazine groups is 1. The molecule has 0 unspecified atom stereocenters. The lowest BCUT2D eigenvalue weighted by Gasteiger charge is -2.25. The van der Waals surface area contributed by atoms with Crippen LogP contribution in [0.15, 0.2) is 18.5 Å². The van der Waals surface area contributed by atoms with Crippen LogP contribution in [-0.2, 0) is 6.18 Å². The van der Waals surface area contributed by atoms with E-state index in [0.29, 0.717) is 6.42 Å². The highest BCUT2D eigenvalue weighted by atomic mass is 19.4. The van der Waals surface area contributed by atoms with Gasteiger partial charge in [0, 0.05) is 17.9 Å². The van der Waals surface area contributed by atoms with E-state index in [1.54, 1.807) is 0 Å². The first-order valence-corrected chi connectivity index (χ1v) is 5.76. The first-order chi connectivity index (χ1) is 8.67. The summed E-state index contributed by atoms with van der Waals surface area (Å²) in [6.45, 7) is 5.53. The summed E-state index contributed by atoms with van der Waals surface area (Å²) in [5.41, 5.74) is 3.05. The monoisotopic (exact) mass is 275 g/mol. The number of alkyl halides is 3. The van der Waals surface area contributed by atoms with Crippen LogP contribution in [0.25, 0.3) is 0 Å². The third-order valence-corrected chi connectivity index (χ3v) is 2.77. The van der Waals surface area contributed by atoms with Gasteiger partial charge in [0.15, 0.2) is 0 Å². The average Bonchev–Trinajstić information content (AvgIpc) is 2.35. The first kappa shape index (κ1) is 15.4. The highest BCUT2D eigenvalue weighted by Crippen LogP contribution is 2.31. The summed E-state index contributed by atoms with van der Waals surface area (Å²) in [5.74, 6) is -0.859. The van der Waals surface area contributed by atoms with Crippen molar-refractivity contribution in [1.29, 1.82) is 0 Å². The van der Waals surface area contributed by atoms with Crippen molar-refractivity contribution in [3.63, 3.8) is 0 Å². The predicted octanol–water partition coefficient (Wildman–Crippen LogP) is 2.52. The van der Waals surface area contributed by atoms with Gasteiger partial charge >= 0.3 is 6.18 Å². The average molecular weight is 275 g/mol. The predicted molar refractivity (Wildman–Crippen MR) is 64.2 cm³/mol. The van der Waals surface area contributed by atoms with E-state index < -0.39 is 28.7 Å². The number of pyridine rings is 1. The minimum Gasteiger partial charge on any atom is -0.287 e. The van der Waals surface area contributed by atoms with E-state index in [1.165, 1.54) is 0 Å². The van der Waals surface area contributed by atoms with Crippen LogP contribution in [0.2, 0.25) is 0 Å². The summed E-state index contributed by atoms with van der Waals surface area (Å²) in [6.07, 6.45) is -1.98. The van der Waals surface area contributed by atoms with Crippen molar-refractivity contribution in [2.45, 2.75) is 38.9 Å². The summed E-state index contributed by atoms with van der Waals surface area (Å²) in [7, 11) is 0. The van der Waals surface area contributed by atoms with E-state index in [-0.39, 0.29) is 0 Å². The second kappa shape index (κ2) is 5.56. The molecule has 0 spiro atoms. The van der Waals surface area contributed by atoms with Crippen molar-refractivity contribution in [1.82, 2.24) is 15.8 Å². The Balaban J connectivity index is 2.90. The number of nitrogens with one attached hydrogen (secondary N) is 2. The number of rotatable bonds is 4. The quantitative estimate of drug-likeness (QED) is 0.830. The van der Waals surface area contributed by atoms with Crippen molar-refractivity contribution in [2.24, 2.45) is 0 Å². The van der Waals surface area contributed by atoms with Crippen LogP contribution in [-0.4, -0.2) is 16.4 Å². The van der Waals surface area contributed by atoms with Crippen LogP contribution in [0.5, 0.6) is 0 Å². The lowest BCUT2D eigenvalue weighted by molar-refractivity contribution is -0.138. The Kier molecular flexibility index (Phi) is 4.52. The van der Waals surface area contributed by atoms with Crippen LogP contribution in [0.1, 0.15) is 43.1 Å². The summed E-state index contributed by atoms with van der Waals surface area (Å²) in [4.78, 5) is 15.3. The maximum atomic E-state index is 12.7. The Bertz CT molecular complexity index is 458. The molecule has 4 nitrogen and oxygen atoms in total. The summed E-state index contributed by atoms with van der Waals surface area (Å²) < 4.78 is 38.2. The lowest BCUT2D eigenvalue weighted by atomic mass is 10.0. The number of nitrogens with zero attached hydrogens (tertiary/aromatic N) is 1. The fraction of sp³-hybridized carbons (Fsp3) is 0.500. The third-order valence-electron chi connectivity index (χ3n) is 2.77. The second-order valence-electron chi connectivity index (χ2n) is 4.74. The molecule has 0 atom stereocenters. The van der Waals surface area contributed by atoms with Gasteiger partial charge in [-0.2, -0.15) is 13.2 Å². The molecule has 0 aliphatic rings. The zero-order valence-corrected chi connectivity index (χ0v) is 10.9. The molecule has 2 N–H and O–H groups in total. The second-order valence-corrected chi connectivity index (χ2v) is 4.74. The standard InChI is InChI=1S/C12H16F3N3O/c1-4-11(2,3)18-17-10(19)8-7-16-6-5-9(8)12(13,14)15/h5-7,18H,4H2,1-3H3,(H,17,19). The number of amides is 1. The number of halogens is 3. The Hall–Kier alpha value is -1.63. The van der Waals surface area contributed by atoms with Gasteiger partial charge in [0.05, 0.1) is 11.1 Å². The normalized spacial score (nSPS) is 12.3. The van der Waals surface area contributed by atoms with Crippen molar-refractivity contribution in [3.8, 4) is 0 Å². The molecular weight excluding hydrogens is 259 g/mol. The zero-order chi connectivity index (χ0) is 14.7. The number of carbonyl (C=O) groups is 1. The SMILES string of the molecule is CCC(C)(C)NNC(=O)c1cnccc1C(F)(F)F. The largest absolute Gasteiger partial charge is 0.417 e. The molecule has 1 aromatic rings. The molecule has 7 heteroatoms. The van der Waals surface area contributed by atoms with Gasteiger partial charge in [-0.1, -0.05) is 6.92 Å². The van der Waals surface area contributed by atoms with E-state index in [1.807, 2.05) is 20.8 Å². The molecule has 0 saturated carbocycles. The molecule has 0 saturated heterocycles. The lowest BCUT2D eigenvalue weighted by Crippen LogP contribution is -2.50. The van der Waals surface area contributed by atoms with Gasteiger partial charge in [0.1, 0.15) is 0 Å². The van der Waals surface area contributed by atoms with Crippen molar-refractivity contribution in [2.75, 3.05) is 0 Å².